The zero-order chi connectivity index (χ0) is 68.2. The highest BCUT2D eigenvalue weighted by Gasteiger charge is 2.30. The fraction of sp³-hybridized carbons (Fsp3) is 0.946. The molecule has 0 aliphatic rings. The van der Waals surface area contributed by atoms with Gasteiger partial charge in [-0.1, -0.05) is 342 Å². The summed E-state index contributed by atoms with van der Waals surface area (Å²) in [4.78, 5) is 72.7. The Bertz CT molecular complexity index is 1770. The number of carbonyl (C=O) groups is 4. The first-order chi connectivity index (χ1) is 45.2. The fourth-order valence-electron chi connectivity index (χ4n) is 11.4. The van der Waals surface area contributed by atoms with Crippen LogP contribution < -0.4 is 0 Å². The Morgan fingerprint density at radius 2 is 0.430 bits per heavy atom. The van der Waals surface area contributed by atoms with Gasteiger partial charge in [0.05, 0.1) is 26.4 Å². The Kier molecular flexibility index (Phi) is 67.1. The molecule has 0 aliphatic heterocycles. The molecule has 0 aromatic carbocycles. The van der Waals surface area contributed by atoms with Gasteiger partial charge >= 0.3 is 39.5 Å². The molecule has 0 radical (unpaired) electrons. The average Bonchev–Trinajstić information content (AvgIpc) is 2.82. The number of hydrogen-bond donors (Lipinski definition) is 3. The molecule has 0 saturated heterocycles. The molecule has 0 aliphatic carbocycles. The second-order valence-electron chi connectivity index (χ2n) is 26.7. The Morgan fingerprint density at radius 3 is 0.634 bits per heavy atom. The third-order valence-electron chi connectivity index (χ3n) is 17.4. The van der Waals surface area contributed by atoms with Crippen molar-refractivity contribution >= 4 is 39.5 Å². The lowest BCUT2D eigenvalue weighted by Gasteiger charge is -2.21. The molecule has 0 aromatic rings. The van der Waals surface area contributed by atoms with Crippen molar-refractivity contribution in [2.45, 2.75) is 412 Å². The van der Waals surface area contributed by atoms with Crippen LogP contribution in [-0.2, 0) is 65.4 Å². The summed E-state index contributed by atoms with van der Waals surface area (Å²) in [7, 11) is -9.90. The number of unbranched alkanes of at least 4 members (excludes halogenated alkanes) is 49. The summed E-state index contributed by atoms with van der Waals surface area (Å²) in [5.41, 5.74) is 0. The minimum atomic E-state index is -4.95. The van der Waals surface area contributed by atoms with Crippen LogP contribution in [0, 0.1) is 0 Å². The quantitative estimate of drug-likeness (QED) is 0.0222. The maximum absolute atomic E-state index is 13.1. The van der Waals surface area contributed by atoms with Crippen LogP contribution in [0.1, 0.15) is 394 Å². The molecule has 5 atom stereocenters. The minimum absolute atomic E-state index is 0.109. The maximum atomic E-state index is 13.1. The van der Waals surface area contributed by atoms with Gasteiger partial charge in [-0.2, -0.15) is 0 Å². The van der Waals surface area contributed by atoms with Gasteiger partial charge in [0.1, 0.15) is 19.3 Å². The van der Waals surface area contributed by atoms with Gasteiger partial charge in [0.2, 0.25) is 0 Å². The number of phosphoric ester groups is 2. The first-order valence-electron chi connectivity index (χ1n) is 38.8. The van der Waals surface area contributed by atoms with Crippen LogP contribution in [0.4, 0.5) is 0 Å². The van der Waals surface area contributed by atoms with Crippen molar-refractivity contribution in [3.05, 3.63) is 0 Å². The Balaban J connectivity index is 5.24. The number of hydrogen-bond acceptors (Lipinski definition) is 15. The molecule has 0 heterocycles. The molecule has 0 fully saturated rings. The van der Waals surface area contributed by atoms with Crippen molar-refractivity contribution in [1.82, 2.24) is 0 Å². The van der Waals surface area contributed by atoms with E-state index in [0.717, 1.165) is 89.9 Å². The lowest BCUT2D eigenvalue weighted by molar-refractivity contribution is -0.161. The maximum Gasteiger partial charge on any atom is 0.472 e. The number of aliphatic hydroxyl groups is 1. The van der Waals surface area contributed by atoms with Crippen molar-refractivity contribution in [1.29, 1.82) is 0 Å². The first kappa shape index (κ1) is 91.1. The minimum Gasteiger partial charge on any atom is -0.462 e. The van der Waals surface area contributed by atoms with Gasteiger partial charge in [-0.25, -0.2) is 9.13 Å². The monoisotopic (exact) mass is 1370 g/mol. The van der Waals surface area contributed by atoms with Crippen molar-refractivity contribution in [2.75, 3.05) is 39.6 Å². The second-order valence-corrected chi connectivity index (χ2v) is 29.6. The topological polar surface area (TPSA) is 237 Å². The van der Waals surface area contributed by atoms with Crippen LogP contribution in [-0.4, -0.2) is 96.7 Å². The molecule has 17 nitrogen and oxygen atoms in total. The van der Waals surface area contributed by atoms with Crippen molar-refractivity contribution in [3.8, 4) is 0 Å². The molecule has 0 rings (SSSR count). The molecule has 19 heteroatoms. The number of ether oxygens (including phenoxy) is 4. The first-order valence-corrected chi connectivity index (χ1v) is 41.8. The summed E-state index contributed by atoms with van der Waals surface area (Å²) in [6.07, 6.45) is 58.0. The molecular weight excluding hydrogens is 1220 g/mol. The molecule has 0 aromatic heterocycles. The highest BCUT2D eigenvalue weighted by atomic mass is 31.2. The highest BCUT2D eigenvalue weighted by molar-refractivity contribution is 7.47. The van der Waals surface area contributed by atoms with E-state index < -0.39 is 97.5 Å². The highest BCUT2D eigenvalue weighted by Crippen LogP contribution is 2.45. The standard InChI is InChI=1S/C74H144O17P2/c1-5-9-13-17-21-25-29-32-34-37-40-44-48-52-56-60-73(78)90-69(64-84-71(76)58-54-50-46-42-28-24-20-16-12-8-4)66-88-92(80,81)86-62-68(75)63-87-93(82,83)89-67-70(65-85-72(77)59-55-51-47-43-39-36-31-27-23-19-15-11-7-3)91-74(79)61-57-53-49-45-41-38-35-33-30-26-22-18-14-10-6-2/h68-70,75H,5-67H2,1-4H3,(H,80,81)(H,82,83)/t68-,69+,70+/m0/s1. The van der Waals surface area contributed by atoms with E-state index in [9.17, 15) is 43.2 Å². The van der Waals surface area contributed by atoms with Gasteiger partial charge < -0.3 is 33.8 Å². The molecule has 0 saturated carbocycles. The summed E-state index contributed by atoms with van der Waals surface area (Å²) in [5.74, 6) is -2.11. The molecule has 0 spiro atoms. The van der Waals surface area contributed by atoms with Crippen LogP contribution in [0.25, 0.3) is 0 Å². The van der Waals surface area contributed by atoms with Crippen molar-refractivity contribution < 1.29 is 80.2 Å². The van der Waals surface area contributed by atoms with Gasteiger partial charge in [-0.3, -0.25) is 37.3 Å². The summed E-state index contributed by atoms with van der Waals surface area (Å²) >= 11 is 0. The zero-order valence-electron chi connectivity index (χ0n) is 60.2. The molecule has 0 bridgehead atoms. The number of phosphoric acid groups is 2. The number of aliphatic hydroxyl groups excluding tert-OH is 1. The van der Waals surface area contributed by atoms with Crippen LogP contribution in [0.3, 0.4) is 0 Å². The lowest BCUT2D eigenvalue weighted by atomic mass is 10.0. The van der Waals surface area contributed by atoms with Gasteiger partial charge in [0.25, 0.3) is 0 Å². The van der Waals surface area contributed by atoms with Gasteiger partial charge in [0.15, 0.2) is 12.2 Å². The largest absolute Gasteiger partial charge is 0.472 e. The van der Waals surface area contributed by atoms with Gasteiger partial charge in [-0.15, -0.1) is 0 Å². The summed E-state index contributed by atoms with van der Waals surface area (Å²) in [6, 6.07) is 0. The lowest BCUT2D eigenvalue weighted by Crippen LogP contribution is -2.30. The third kappa shape index (κ3) is 68.4. The van der Waals surface area contributed by atoms with Crippen LogP contribution >= 0.6 is 15.6 Å². The molecular formula is C74H144O17P2. The van der Waals surface area contributed by atoms with E-state index in [1.54, 1.807) is 0 Å². The fourth-order valence-corrected chi connectivity index (χ4v) is 13.0. The van der Waals surface area contributed by atoms with E-state index in [1.165, 1.54) is 225 Å². The zero-order valence-corrected chi connectivity index (χ0v) is 62.0. The smallest absolute Gasteiger partial charge is 0.462 e. The van der Waals surface area contributed by atoms with Crippen LogP contribution in [0.5, 0.6) is 0 Å². The number of carbonyl (C=O) groups excluding carboxylic acids is 4. The van der Waals surface area contributed by atoms with E-state index >= 15 is 0 Å². The van der Waals surface area contributed by atoms with E-state index in [4.69, 9.17) is 37.0 Å². The van der Waals surface area contributed by atoms with Gasteiger partial charge in [-0.05, 0) is 25.7 Å². The van der Waals surface area contributed by atoms with Gasteiger partial charge in [0, 0.05) is 25.7 Å². The summed E-state index contributed by atoms with van der Waals surface area (Å²) < 4.78 is 68.5. The number of rotatable bonds is 75. The van der Waals surface area contributed by atoms with E-state index in [0.29, 0.717) is 25.7 Å². The van der Waals surface area contributed by atoms with Crippen LogP contribution in [0.15, 0.2) is 0 Å². The molecule has 93 heavy (non-hydrogen) atoms. The van der Waals surface area contributed by atoms with Crippen LogP contribution in [0.2, 0.25) is 0 Å². The molecule has 0 amide bonds. The summed E-state index contributed by atoms with van der Waals surface area (Å²) in [6.45, 7) is 4.98. The normalized spacial score (nSPS) is 13.9. The second kappa shape index (κ2) is 68.6. The van der Waals surface area contributed by atoms with Crippen molar-refractivity contribution in [3.63, 3.8) is 0 Å². The molecule has 2 unspecified atom stereocenters. The Labute approximate surface area is 568 Å². The molecule has 552 valence electrons. The third-order valence-corrected chi connectivity index (χ3v) is 19.3. The van der Waals surface area contributed by atoms with E-state index in [-0.39, 0.29) is 25.7 Å². The molecule has 3 N–H and O–H groups in total. The van der Waals surface area contributed by atoms with Crippen molar-refractivity contribution in [2.24, 2.45) is 0 Å². The van der Waals surface area contributed by atoms with E-state index in [2.05, 4.69) is 27.7 Å². The number of esters is 4. The summed E-state index contributed by atoms with van der Waals surface area (Å²) in [5, 5.41) is 10.6. The predicted octanol–water partition coefficient (Wildman–Crippen LogP) is 21.8. The predicted molar refractivity (Wildman–Crippen MR) is 377 cm³/mol. The Morgan fingerprint density at radius 1 is 0.258 bits per heavy atom. The van der Waals surface area contributed by atoms with E-state index in [1.807, 2.05) is 0 Å². The SMILES string of the molecule is CCCCCCCCCCCCCCCCCC(=O)O[C@H](COC(=O)CCCCCCCCCCCC)COP(=O)(O)OC[C@H](O)COP(=O)(O)OC[C@@H](COC(=O)CCCCCCCCCCCCCCC)OC(=O)CCCCCCCCCCCCCCCCC. The average molecular weight is 1370 g/mol. The Hall–Kier alpha value is -1.94.